The minimum atomic E-state index is -1.76. The third-order valence-electron chi connectivity index (χ3n) is 6.70. The molecule has 1 heterocycles. The molecule has 1 saturated heterocycles. The van der Waals surface area contributed by atoms with E-state index >= 15 is 0 Å². The van der Waals surface area contributed by atoms with Crippen LogP contribution in [0, 0.1) is 5.41 Å². The SMILES string of the molecule is CC(=O)OC/C=C(C)/C=C/C=C(C)/C=C/C1=C(C)[C@H](O[C@@H]2O[C@@H](C(=O)O)[C@@H](O)[C@@H](O)[C@H]2O)CCC1(C)C. The number of aliphatic hydroxyl groups excluding tert-OH is 3. The van der Waals surface area contributed by atoms with E-state index in [0.29, 0.717) is 6.42 Å². The van der Waals surface area contributed by atoms with Gasteiger partial charge in [0.15, 0.2) is 12.4 Å². The summed E-state index contributed by atoms with van der Waals surface area (Å²) >= 11 is 0. The van der Waals surface area contributed by atoms with E-state index in [0.717, 1.165) is 28.7 Å². The number of hydrogen-bond donors (Lipinski definition) is 4. The van der Waals surface area contributed by atoms with Gasteiger partial charge in [-0.15, -0.1) is 0 Å². The van der Waals surface area contributed by atoms with Gasteiger partial charge >= 0.3 is 11.9 Å². The van der Waals surface area contributed by atoms with Gasteiger partial charge in [0.1, 0.15) is 24.9 Å². The van der Waals surface area contributed by atoms with E-state index in [4.69, 9.17) is 14.2 Å². The highest BCUT2D eigenvalue weighted by Crippen LogP contribution is 2.42. The molecule has 1 aliphatic heterocycles. The second kappa shape index (κ2) is 13.3. The summed E-state index contributed by atoms with van der Waals surface area (Å²) in [5.74, 6) is -1.76. The molecule has 1 aliphatic carbocycles. The van der Waals surface area contributed by atoms with Crippen molar-refractivity contribution in [2.45, 2.75) is 91.2 Å². The van der Waals surface area contributed by atoms with Crippen molar-refractivity contribution in [1.29, 1.82) is 0 Å². The fourth-order valence-corrected chi connectivity index (χ4v) is 4.38. The Labute approximate surface area is 218 Å². The Morgan fingerprint density at radius 2 is 1.73 bits per heavy atom. The van der Waals surface area contributed by atoms with Crippen LogP contribution in [0.3, 0.4) is 0 Å². The van der Waals surface area contributed by atoms with Gasteiger partial charge in [0.05, 0.1) is 6.10 Å². The van der Waals surface area contributed by atoms with E-state index in [1.165, 1.54) is 6.92 Å². The fraction of sp³-hybridized carbons (Fsp3) is 0.571. The fourth-order valence-electron chi connectivity index (χ4n) is 4.38. The zero-order valence-corrected chi connectivity index (χ0v) is 22.4. The number of carbonyl (C=O) groups excluding carboxylic acids is 1. The summed E-state index contributed by atoms with van der Waals surface area (Å²) in [6.45, 7) is 11.7. The Morgan fingerprint density at radius 3 is 2.35 bits per heavy atom. The van der Waals surface area contributed by atoms with E-state index in [2.05, 4.69) is 13.8 Å². The maximum absolute atomic E-state index is 11.4. The molecule has 2 aliphatic rings. The lowest BCUT2D eigenvalue weighted by Gasteiger charge is -2.42. The molecule has 0 aromatic heterocycles. The third kappa shape index (κ3) is 8.48. The molecule has 1 fully saturated rings. The third-order valence-corrected chi connectivity index (χ3v) is 6.70. The van der Waals surface area contributed by atoms with Crippen LogP contribution in [0.1, 0.15) is 54.4 Å². The molecular weight excluding hydrogens is 480 g/mol. The average Bonchev–Trinajstić information content (AvgIpc) is 2.80. The Kier molecular flexibility index (Phi) is 11.0. The van der Waals surface area contributed by atoms with Crippen LogP contribution in [0.15, 0.2) is 58.7 Å². The molecule has 37 heavy (non-hydrogen) atoms. The molecule has 0 bridgehead atoms. The molecule has 0 aromatic rings. The highest BCUT2D eigenvalue weighted by Gasteiger charge is 2.48. The number of ether oxygens (including phenoxy) is 3. The zero-order valence-electron chi connectivity index (χ0n) is 22.4. The summed E-state index contributed by atoms with van der Waals surface area (Å²) in [5, 5.41) is 39.6. The zero-order chi connectivity index (χ0) is 27.9. The van der Waals surface area contributed by atoms with Gasteiger partial charge in [0, 0.05) is 6.92 Å². The molecule has 9 nitrogen and oxygen atoms in total. The average molecular weight is 521 g/mol. The molecule has 0 amide bonds. The summed E-state index contributed by atoms with van der Waals surface area (Å²) in [6.07, 6.45) is 4.44. The second-order valence-electron chi connectivity index (χ2n) is 10.2. The molecule has 4 N–H and O–H groups in total. The Morgan fingerprint density at radius 1 is 1.05 bits per heavy atom. The topological polar surface area (TPSA) is 143 Å². The number of aliphatic carboxylic acids is 1. The van der Waals surface area contributed by atoms with Crippen molar-refractivity contribution in [1.82, 2.24) is 0 Å². The van der Waals surface area contributed by atoms with Crippen molar-refractivity contribution >= 4 is 11.9 Å². The van der Waals surface area contributed by atoms with Crippen LogP contribution < -0.4 is 0 Å². The number of esters is 1. The smallest absolute Gasteiger partial charge is 0.335 e. The summed E-state index contributed by atoms with van der Waals surface area (Å²) in [5.41, 5.74) is 3.81. The van der Waals surface area contributed by atoms with Crippen molar-refractivity contribution < 1.29 is 44.2 Å². The standard InChI is InChI=1S/C28H40O9/c1-16(8-7-9-17(2)13-15-35-19(4)29)10-11-20-18(3)21(12-14-28(20,5)6)36-27-24(32)22(30)23(31)25(37-27)26(33)34/h7-11,13,21-25,27,30-32H,12,14-15H2,1-6H3,(H,33,34)/b9-7+,11-10+,16-8+,17-13+/t21-,22-,23+,24-,25-,27-/m1/s1. The Balaban J connectivity index is 2.16. The van der Waals surface area contributed by atoms with Crippen molar-refractivity contribution in [2.75, 3.05) is 6.61 Å². The molecule has 0 unspecified atom stereocenters. The maximum Gasteiger partial charge on any atom is 0.335 e. The van der Waals surface area contributed by atoms with Crippen LogP contribution in [0.5, 0.6) is 0 Å². The Hall–Kier alpha value is -2.56. The van der Waals surface area contributed by atoms with Gasteiger partial charge in [0.2, 0.25) is 0 Å². The van der Waals surface area contributed by atoms with Crippen LogP contribution in [0.4, 0.5) is 0 Å². The maximum atomic E-state index is 11.4. The number of allylic oxidation sites excluding steroid dienone is 8. The highest BCUT2D eigenvalue weighted by atomic mass is 16.7. The normalized spacial score (nSPS) is 31.3. The van der Waals surface area contributed by atoms with Crippen LogP contribution in [0.25, 0.3) is 0 Å². The Bertz CT molecular complexity index is 986. The van der Waals surface area contributed by atoms with Crippen LogP contribution in [0.2, 0.25) is 0 Å². The largest absolute Gasteiger partial charge is 0.479 e. The van der Waals surface area contributed by atoms with Gasteiger partial charge in [0.25, 0.3) is 0 Å². The quantitative estimate of drug-likeness (QED) is 0.266. The molecule has 6 atom stereocenters. The predicted molar refractivity (Wildman–Crippen MR) is 137 cm³/mol. The first-order chi connectivity index (χ1) is 17.2. The minimum Gasteiger partial charge on any atom is -0.479 e. The van der Waals surface area contributed by atoms with Crippen LogP contribution in [-0.4, -0.2) is 75.8 Å². The summed E-state index contributed by atoms with van der Waals surface area (Å²) in [4.78, 5) is 22.2. The molecule has 0 radical (unpaired) electrons. The van der Waals surface area contributed by atoms with Gasteiger partial charge in [-0.05, 0) is 56.3 Å². The van der Waals surface area contributed by atoms with E-state index in [1.807, 2.05) is 57.2 Å². The molecule has 0 saturated carbocycles. The number of rotatable bonds is 9. The lowest BCUT2D eigenvalue weighted by molar-refractivity contribution is -0.302. The van der Waals surface area contributed by atoms with Gasteiger partial charge in [-0.25, -0.2) is 4.79 Å². The number of aliphatic hydroxyl groups is 3. The van der Waals surface area contributed by atoms with E-state index < -0.39 is 42.8 Å². The van der Waals surface area contributed by atoms with Crippen LogP contribution in [-0.2, 0) is 23.8 Å². The number of carboxylic acid groups (broad SMARTS) is 1. The molecule has 0 aromatic carbocycles. The number of carboxylic acids is 1. The summed E-state index contributed by atoms with van der Waals surface area (Å²) in [6, 6.07) is 0. The molecule has 0 spiro atoms. The van der Waals surface area contributed by atoms with E-state index in [9.17, 15) is 30.0 Å². The number of hydrogen-bond acceptors (Lipinski definition) is 8. The molecular formula is C28H40O9. The van der Waals surface area contributed by atoms with Crippen molar-refractivity contribution in [3.63, 3.8) is 0 Å². The van der Waals surface area contributed by atoms with Crippen molar-refractivity contribution in [3.05, 3.63) is 58.7 Å². The van der Waals surface area contributed by atoms with Gasteiger partial charge in [-0.1, -0.05) is 55.4 Å². The van der Waals surface area contributed by atoms with E-state index in [1.54, 1.807) is 0 Å². The van der Waals surface area contributed by atoms with Gasteiger partial charge < -0.3 is 34.6 Å². The predicted octanol–water partition coefficient (Wildman–Crippen LogP) is 2.97. The molecule has 206 valence electrons. The second-order valence-corrected chi connectivity index (χ2v) is 10.2. The minimum absolute atomic E-state index is 0.141. The lowest BCUT2D eigenvalue weighted by atomic mass is 9.71. The summed E-state index contributed by atoms with van der Waals surface area (Å²) in [7, 11) is 0. The van der Waals surface area contributed by atoms with Gasteiger partial charge in [-0.3, -0.25) is 4.79 Å². The number of carbonyl (C=O) groups is 2. The van der Waals surface area contributed by atoms with E-state index in [-0.39, 0.29) is 18.0 Å². The first-order valence-electron chi connectivity index (χ1n) is 12.4. The summed E-state index contributed by atoms with van der Waals surface area (Å²) < 4.78 is 16.2. The van der Waals surface area contributed by atoms with Gasteiger partial charge in [-0.2, -0.15) is 0 Å². The van der Waals surface area contributed by atoms with Crippen LogP contribution >= 0.6 is 0 Å². The van der Waals surface area contributed by atoms with Crippen molar-refractivity contribution in [3.8, 4) is 0 Å². The molecule has 9 heteroatoms. The molecule has 2 rings (SSSR count). The lowest BCUT2D eigenvalue weighted by Crippen LogP contribution is -2.61. The monoisotopic (exact) mass is 520 g/mol. The van der Waals surface area contributed by atoms with Crippen molar-refractivity contribution in [2.24, 2.45) is 5.41 Å². The first kappa shape index (κ1) is 30.7. The first-order valence-corrected chi connectivity index (χ1v) is 12.4. The highest BCUT2D eigenvalue weighted by molar-refractivity contribution is 5.73.